The predicted octanol–water partition coefficient (Wildman–Crippen LogP) is 2.84. The van der Waals surface area contributed by atoms with Gasteiger partial charge in [0.1, 0.15) is 0 Å². The van der Waals surface area contributed by atoms with Crippen LogP contribution in [0, 0.1) is 0 Å². The van der Waals surface area contributed by atoms with Crippen molar-refractivity contribution in [3.8, 4) is 0 Å². The first-order valence-corrected chi connectivity index (χ1v) is 5.69. The van der Waals surface area contributed by atoms with Crippen molar-refractivity contribution < 1.29 is 4.79 Å². The van der Waals surface area contributed by atoms with Gasteiger partial charge < -0.3 is 0 Å². The lowest BCUT2D eigenvalue weighted by atomic mass is 10.2. The maximum atomic E-state index is 11.5. The van der Waals surface area contributed by atoms with Crippen LogP contribution in [0.15, 0.2) is 66.7 Å². The van der Waals surface area contributed by atoms with Crippen LogP contribution in [0.5, 0.6) is 0 Å². The summed E-state index contributed by atoms with van der Waals surface area (Å²) >= 11 is 0. The molecule has 2 rings (SSSR count). The lowest BCUT2D eigenvalue weighted by molar-refractivity contribution is -0.115. The molecule has 0 saturated carbocycles. The Kier molecular flexibility index (Phi) is 4.14. The van der Waals surface area contributed by atoms with Crippen LogP contribution >= 0.6 is 0 Å². The molecule has 0 saturated heterocycles. The monoisotopic (exact) mass is 238 g/mol. The van der Waals surface area contributed by atoms with Gasteiger partial charge in [-0.15, -0.1) is 0 Å². The number of para-hydroxylation sites is 1. The highest BCUT2D eigenvalue weighted by molar-refractivity contribution is 5.92. The molecule has 0 heterocycles. The third-order valence-electron chi connectivity index (χ3n) is 2.33. The molecule has 90 valence electrons. The average molecular weight is 238 g/mol. The third-order valence-corrected chi connectivity index (χ3v) is 2.33. The second-order valence-corrected chi connectivity index (χ2v) is 3.72. The zero-order chi connectivity index (χ0) is 12.6. The zero-order valence-corrected chi connectivity index (χ0v) is 9.84. The van der Waals surface area contributed by atoms with Crippen LogP contribution in [-0.2, 0) is 4.79 Å². The molecular weight excluding hydrogens is 224 g/mol. The summed E-state index contributed by atoms with van der Waals surface area (Å²) in [6.07, 6.45) is 3.26. The number of amides is 1. The molecule has 2 aromatic rings. The SMILES string of the molecule is O=C(C=Cc1ccccc1)NNc1ccccc1. The maximum absolute atomic E-state index is 11.5. The largest absolute Gasteiger partial charge is 0.298 e. The van der Waals surface area contributed by atoms with Gasteiger partial charge in [-0.2, -0.15) is 0 Å². The molecule has 1 amide bonds. The number of hydrazine groups is 1. The number of hydrogen-bond acceptors (Lipinski definition) is 2. The molecule has 0 atom stereocenters. The van der Waals surface area contributed by atoms with Gasteiger partial charge in [0.15, 0.2) is 0 Å². The molecule has 0 fully saturated rings. The summed E-state index contributed by atoms with van der Waals surface area (Å²) in [5, 5.41) is 0. The molecule has 2 N–H and O–H groups in total. The van der Waals surface area contributed by atoms with Crippen molar-refractivity contribution in [3.05, 3.63) is 72.3 Å². The van der Waals surface area contributed by atoms with Crippen LogP contribution in [0.2, 0.25) is 0 Å². The van der Waals surface area contributed by atoms with Crippen LogP contribution in [0.1, 0.15) is 5.56 Å². The van der Waals surface area contributed by atoms with Crippen molar-refractivity contribution in [3.63, 3.8) is 0 Å². The number of rotatable bonds is 4. The molecule has 0 radical (unpaired) electrons. The molecule has 3 nitrogen and oxygen atoms in total. The van der Waals surface area contributed by atoms with E-state index >= 15 is 0 Å². The quantitative estimate of drug-likeness (QED) is 0.635. The fourth-order valence-corrected chi connectivity index (χ4v) is 1.43. The molecule has 0 aliphatic carbocycles. The minimum absolute atomic E-state index is 0.192. The summed E-state index contributed by atoms with van der Waals surface area (Å²) in [4.78, 5) is 11.5. The second-order valence-electron chi connectivity index (χ2n) is 3.72. The standard InChI is InChI=1S/C15H14N2O/c18-15(12-11-13-7-3-1-4-8-13)17-16-14-9-5-2-6-10-14/h1-12,16H,(H,17,18). The fraction of sp³-hybridized carbons (Fsp3) is 0. The van der Waals surface area contributed by atoms with E-state index in [9.17, 15) is 4.79 Å². The minimum Gasteiger partial charge on any atom is -0.298 e. The molecule has 2 aromatic carbocycles. The van der Waals surface area contributed by atoms with Gasteiger partial charge in [-0.05, 0) is 23.8 Å². The number of anilines is 1. The Hall–Kier alpha value is -2.55. The summed E-state index contributed by atoms with van der Waals surface area (Å²) in [5.74, 6) is -0.192. The first kappa shape index (κ1) is 11.9. The van der Waals surface area contributed by atoms with Gasteiger partial charge in [0, 0.05) is 6.08 Å². The van der Waals surface area contributed by atoms with E-state index in [0.29, 0.717) is 0 Å². The fourth-order valence-electron chi connectivity index (χ4n) is 1.43. The zero-order valence-electron chi connectivity index (χ0n) is 9.84. The van der Waals surface area contributed by atoms with Crippen LogP contribution in [-0.4, -0.2) is 5.91 Å². The van der Waals surface area contributed by atoms with Crippen molar-refractivity contribution in [1.82, 2.24) is 5.43 Å². The van der Waals surface area contributed by atoms with Crippen molar-refractivity contribution in [2.45, 2.75) is 0 Å². The first-order chi connectivity index (χ1) is 8.84. The highest BCUT2D eigenvalue weighted by atomic mass is 16.2. The lowest BCUT2D eigenvalue weighted by Crippen LogP contribution is -2.27. The number of hydrogen-bond donors (Lipinski definition) is 2. The Morgan fingerprint density at radius 3 is 2.17 bits per heavy atom. The summed E-state index contributed by atoms with van der Waals surface area (Å²) in [6, 6.07) is 19.1. The molecule has 0 bridgehead atoms. The van der Waals surface area contributed by atoms with Crippen molar-refractivity contribution in [2.75, 3.05) is 5.43 Å². The normalized spacial score (nSPS) is 10.2. The van der Waals surface area contributed by atoms with Crippen molar-refractivity contribution in [1.29, 1.82) is 0 Å². The smallest absolute Gasteiger partial charge is 0.262 e. The van der Waals surface area contributed by atoms with E-state index < -0.39 is 0 Å². The van der Waals surface area contributed by atoms with Crippen molar-refractivity contribution in [2.24, 2.45) is 0 Å². The maximum Gasteiger partial charge on any atom is 0.262 e. The molecule has 0 unspecified atom stereocenters. The van der Waals surface area contributed by atoms with Gasteiger partial charge in [0.25, 0.3) is 5.91 Å². The van der Waals surface area contributed by atoms with Gasteiger partial charge in [0.2, 0.25) is 0 Å². The van der Waals surface area contributed by atoms with Gasteiger partial charge in [-0.3, -0.25) is 15.6 Å². The summed E-state index contributed by atoms with van der Waals surface area (Å²) < 4.78 is 0. The summed E-state index contributed by atoms with van der Waals surface area (Å²) in [7, 11) is 0. The minimum atomic E-state index is -0.192. The van der Waals surface area contributed by atoms with Crippen LogP contribution in [0.25, 0.3) is 6.08 Å². The molecule has 18 heavy (non-hydrogen) atoms. The Bertz CT molecular complexity index is 521. The average Bonchev–Trinajstić information content (AvgIpc) is 2.45. The van der Waals surface area contributed by atoms with E-state index in [1.54, 1.807) is 6.08 Å². The van der Waals surface area contributed by atoms with E-state index in [2.05, 4.69) is 10.9 Å². The van der Waals surface area contributed by atoms with E-state index in [4.69, 9.17) is 0 Å². The number of nitrogens with one attached hydrogen (secondary N) is 2. The van der Waals surface area contributed by atoms with Gasteiger partial charge in [-0.25, -0.2) is 0 Å². The molecular formula is C15H14N2O. The topological polar surface area (TPSA) is 41.1 Å². The van der Waals surface area contributed by atoms with E-state index in [1.165, 1.54) is 6.08 Å². The Morgan fingerprint density at radius 1 is 0.889 bits per heavy atom. The predicted molar refractivity (Wildman–Crippen MR) is 73.7 cm³/mol. The van der Waals surface area contributed by atoms with Crippen molar-refractivity contribution >= 4 is 17.7 Å². The first-order valence-electron chi connectivity index (χ1n) is 5.69. The summed E-state index contributed by atoms with van der Waals surface area (Å²) in [6.45, 7) is 0. The Labute approximate surface area is 106 Å². The lowest BCUT2D eigenvalue weighted by Gasteiger charge is -2.05. The number of benzene rings is 2. The van der Waals surface area contributed by atoms with Crippen LogP contribution < -0.4 is 10.9 Å². The molecule has 0 spiro atoms. The highest BCUT2D eigenvalue weighted by Gasteiger charge is 1.94. The molecule has 3 heteroatoms. The Balaban J connectivity index is 1.84. The van der Waals surface area contributed by atoms with E-state index in [1.807, 2.05) is 60.7 Å². The van der Waals surface area contributed by atoms with Gasteiger partial charge >= 0.3 is 0 Å². The van der Waals surface area contributed by atoms with E-state index in [0.717, 1.165) is 11.3 Å². The number of carbonyl (C=O) groups is 1. The third kappa shape index (κ3) is 3.79. The number of carbonyl (C=O) groups excluding carboxylic acids is 1. The Morgan fingerprint density at radius 2 is 1.50 bits per heavy atom. The van der Waals surface area contributed by atoms with Crippen LogP contribution in [0.3, 0.4) is 0 Å². The van der Waals surface area contributed by atoms with E-state index in [-0.39, 0.29) is 5.91 Å². The molecule has 0 aliphatic heterocycles. The van der Waals surface area contributed by atoms with Gasteiger partial charge in [-0.1, -0.05) is 48.5 Å². The molecule has 0 aromatic heterocycles. The second kappa shape index (κ2) is 6.25. The summed E-state index contributed by atoms with van der Waals surface area (Å²) in [5.41, 5.74) is 7.26. The van der Waals surface area contributed by atoms with Gasteiger partial charge in [0.05, 0.1) is 5.69 Å². The van der Waals surface area contributed by atoms with Crippen LogP contribution in [0.4, 0.5) is 5.69 Å². The molecule has 0 aliphatic rings. The highest BCUT2D eigenvalue weighted by Crippen LogP contribution is 2.03.